The monoisotopic (exact) mass is 299 g/mol. The molecule has 120 valence electrons. The second-order valence-electron chi connectivity index (χ2n) is 6.13. The van der Waals surface area contributed by atoms with E-state index in [0.717, 1.165) is 25.9 Å². The standard InChI is InChI=1S/C14H25N3O4/c1-14(2,9-4-3-7-16-8-9)13(21)17-10(12(19)20)5-6-11(15)18/h9-10,16H,3-8H2,1-2H3,(H2,15,18)(H,17,21)(H,19,20). The lowest BCUT2D eigenvalue weighted by Crippen LogP contribution is -2.51. The fraction of sp³-hybridized carbons (Fsp3) is 0.786. The second kappa shape index (κ2) is 7.40. The molecule has 2 unspecified atom stereocenters. The molecule has 0 radical (unpaired) electrons. The summed E-state index contributed by atoms with van der Waals surface area (Å²) in [6.07, 6.45) is 1.88. The van der Waals surface area contributed by atoms with Crippen molar-refractivity contribution in [2.24, 2.45) is 17.1 Å². The number of rotatable bonds is 7. The van der Waals surface area contributed by atoms with E-state index in [0.29, 0.717) is 0 Å². The van der Waals surface area contributed by atoms with Gasteiger partial charge in [-0.3, -0.25) is 9.59 Å². The Labute approximate surface area is 124 Å². The number of hydrogen-bond donors (Lipinski definition) is 4. The maximum atomic E-state index is 12.4. The highest BCUT2D eigenvalue weighted by atomic mass is 16.4. The SMILES string of the molecule is CC(C)(C(=O)NC(CCC(N)=O)C(=O)O)C1CCCNC1. The molecule has 0 bridgehead atoms. The first-order valence-corrected chi connectivity index (χ1v) is 7.28. The largest absolute Gasteiger partial charge is 0.480 e. The summed E-state index contributed by atoms with van der Waals surface area (Å²) >= 11 is 0. The summed E-state index contributed by atoms with van der Waals surface area (Å²) in [5.74, 6) is -1.86. The van der Waals surface area contributed by atoms with E-state index < -0.39 is 23.3 Å². The number of carbonyl (C=O) groups is 3. The average Bonchev–Trinajstić information content (AvgIpc) is 2.43. The summed E-state index contributed by atoms with van der Waals surface area (Å²) in [7, 11) is 0. The molecule has 1 aliphatic rings. The fourth-order valence-corrected chi connectivity index (χ4v) is 2.54. The Morgan fingerprint density at radius 2 is 2.10 bits per heavy atom. The summed E-state index contributed by atoms with van der Waals surface area (Å²) in [5.41, 5.74) is 4.36. The van der Waals surface area contributed by atoms with Crippen molar-refractivity contribution in [3.8, 4) is 0 Å². The Kier molecular flexibility index (Phi) is 6.14. The van der Waals surface area contributed by atoms with E-state index in [-0.39, 0.29) is 24.7 Å². The number of aliphatic carboxylic acids is 1. The van der Waals surface area contributed by atoms with Gasteiger partial charge < -0.3 is 21.5 Å². The van der Waals surface area contributed by atoms with Crippen LogP contribution in [0.1, 0.15) is 39.5 Å². The summed E-state index contributed by atoms with van der Waals surface area (Å²) in [4.78, 5) is 34.3. The molecule has 0 aromatic carbocycles. The van der Waals surface area contributed by atoms with Crippen LogP contribution in [0.25, 0.3) is 0 Å². The molecule has 7 nitrogen and oxygen atoms in total. The van der Waals surface area contributed by atoms with Crippen LogP contribution in [0.2, 0.25) is 0 Å². The van der Waals surface area contributed by atoms with Crippen LogP contribution in [-0.4, -0.2) is 42.0 Å². The molecule has 0 aliphatic carbocycles. The Bertz CT molecular complexity index is 403. The minimum Gasteiger partial charge on any atom is -0.480 e. The van der Waals surface area contributed by atoms with Crippen molar-refractivity contribution in [3.05, 3.63) is 0 Å². The minimum absolute atomic E-state index is 0.00933. The fourth-order valence-electron chi connectivity index (χ4n) is 2.54. The van der Waals surface area contributed by atoms with Crippen LogP contribution in [0, 0.1) is 11.3 Å². The van der Waals surface area contributed by atoms with Gasteiger partial charge in [0.1, 0.15) is 6.04 Å². The predicted octanol–water partition coefficient (Wildman–Crippen LogP) is -0.153. The summed E-state index contributed by atoms with van der Waals surface area (Å²) < 4.78 is 0. The first-order chi connectivity index (χ1) is 9.75. The molecule has 1 heterocycles. The lowest BCUT2D eigenvalue weighted by atomic mass is 9.74. The van der Waals surface area contributed by atoms with E-state index in [4.69, 9.17) is 10.8 Å². The van der Waals surface area contributed by atoms with Crippen molar-refractivity contribution < 1.29 is 19.5 Å². The maximum Gasteiger partial charge on any atom is 0.326 e. The van der Waals surface area contributed by atoms with E-state index in [1.165, 1.54) is 0 Å². The van der Waals surface area contributed by atoms with Crippen molar-refractivity contribution in [1.29, 1.82) is 0 Å². The number of carboxylic acids is 1. The van der Waals surface area contributed by atoms with Crippen LogP contribution in [0.5, 0.6) is 0 Å². The summed E-state index contributed by atoms with van der Waals surface area (Å²) in [5, 5.41) is 14.9. The van der Waals surface area contributed by atoms with Crippen molar-refractivity contribution >= 4 is 17.8 Å². The zero-order chi connectivity index (χ0) is 16.0. The predicted molar refractivity (Wildman–Crippen MR) is 77.4 cm³/mol. The topological polar surface area (TPSA) is 122 Å². The van der Waals surface area contributed by atoms with E-state index in [1.54, 1.807) is 0 Å². The minimum atomic E-state index is -1.15. The van der Waals surface area contributed by atoms with Crippen LogP contribution >= 0.6 is 0 Å². The van der Waals surface area contributed by atoms with Gasteiger partial charge in [-0.15, -0.1) is 0 Å². The van der Waals surface area contributed by atoms with Crippen molar-refractivity contribution in [2.45, 2.75) is 45.6 Å². The number of carboxylic acid groups (broad SMARTS) is 1. The molecule has 2 amide bonds. The molecule has 1 saturated heterocycles. The van der Waals surface area contributed by atoms with Crippen molar-refractivity contribution in [3.63, 3.8) is 0 Å². The van der Waals surface area contributed by atoms with E-state index in [1.807, 2.05) is 13.8 Å². The van der Waals surface area contributed by atoms with Crippen LogP contribution in [-0.2, 0) is 14.4 Å². The van der Waals surface area contributed by atoms with Crippen LogP contribution in [0.15, 0.2) is 0 Å². The van der Waals surface area contributed by atoms with Gasteiger partial charge in [0.05, 0.1) is 0 Å². The molecule has 0 aromatic heterocycles. The van der Waals surface area contributed by atoms with Gasteiger partial charge in [-0.1, -0.05) is 13.8 Å². The summed E-state index contributed by atoms with van der Waals surface area (Å²) in [6, 6.07) is -1.08. The molecule has 1 aliphatic heterocycles. The highest BCUT2D eigenvalue weighted by Crippen LogP contribution is 2.32. The molecule has 7 heteroatoms. The Morgan fingerprint density at radius 1 is 1.43 bits per heavy atom. The van der Waals surface area contributed by atoms with Crippen molar-refractivity contribution in [2.75, 3.05) is 13.1 Å². The van der Waals surface area contributed by atoms with Gasteiger partial charge in [0.2, 0.25) is 11.8 Å². The van der Waals surface area contributed by atoms with Crippen LogP contribution in [0.3, 0.4) is 0 Å². The van der Waals surface area contributed by atoms with Crippen molar-refractivity contribution in [1.82, 2.24) is 10.6 Å². The number of amides is 2. The first-order valence-electron chi connectivity index (χ1n) is 7.28. The molecule has 5 N–H and O–H groups in total. The van der Waals surface area contributed by atoms with Gasteiger partial charge >= 0.3 is 5.97 Å². The van der Waals surface area contributed by atoms with Gasteiger partial charge in [0, 0.05) is 11.8 Å². The number of nitrogens with two attached hydrogens (primary N) is 1. The molecule has 0 aromatic rings. The molecule has 0 spiro atoms. The van der Waals surface area contributed by atoms with Gasteiger partial charge in [-0.25, -0.2) is 4.79 Å². The van der Waals surface area contributed by atoms with Gasteiger partial charge in [0.15, 0.2) is 0 Å². The normalized spacial score (nSPS) is 20.6. The van der Waals surface area contributed by atoms with Gasteiger partial charge in [0.25, 0.3) is 0 Å². The smallest absolute Gasteiger partial charge is 0.326 e. The molecular formula is C14H25N3O4. The highest BCUT2D eigenvalue weighted by Gasteiger charge is 2.38. The zero-order valence-corrected chi connectivity index (χ0v) is 12.6. The lowest BCUT2D eigenvalue weighted by Gasteiger charge is -2.36. The quantitative estimate of drug-likeness (QED) is 0.521. The number of carbonyl (C=O) groups excluding carboxylic acids is 2. The number of piperidine rings is 1. The van der Waals surface area contributed by atoms with E-state index in [2.05, 4.69) is 10.6 Å². The Morgan fingerprint density at radius 3 is 2.57 bits per heavy atom. The number of nitrogens with one attached hydrogen (secondary N) is 2. The maximum absolute atomic E-state index is 12.4. The van der Waals surface area contributed by atoms with E-state index >= 15 is 0 Å². The van der Waals surface area contributed by atoms with E-state index in [9.17, 15) is 14.4 Å². The molecular weight excluding hydrogens is 274 g/mol. The summed E-state index contributed by atoms with van der Waals surface area (Å²) in [6.45, 7) is 5.35. The molecule has 0 saturated carbocycles. The molecule has 2 atom stereocenters. The third-order valence-electron chi connectivity index (χ3n) is 4.19. The number of hydrogen-bond acceptors (Lipinski definition) is 4. The van der Waals surface area contributed by atoms with Gasteiger partial charge in [-0.2, -0.15) is 0 Å². The lowest BCUT2D eigenvalue weighted by molar-refractivity contribution is -0.144. The third-order valence-corrected chi connectivity index (χ3v) is 4.19. The van der Waals surface area contributed by atoms with Crippen LogP contribution in [0.4, 0.5) is 0 Å². The van der Waals surface area contributed by atoms with Crippen LogP contribution < -0.4 is 16.4 Å². The molecule has 1 rings (SSSR count). The molecule has 21 heavy (non-hydrogen) atoms. The van der Waals surface area contributed by atoms with Gasteiger partial charge in [-0.05, 0) is 38.3 Å². The second-order valence-corrected chi connectivity index (χ2v) is 6.13. The molecule has 1 fully saturated rings. The highest BCUT2D eigenvalue weighted by molar-refractivity contribution is 5.87. The number of primary amides is 1. The zero-order valence-electron chi connectivity index (χ0n) is 12.6. The average molecular weight is 299 g/mol. The third kappa shape index (κ3) is 5.00. The first kappa shape index (κ1) is 17.4. The Hall–Kier alpha value is -1.63. The Balaban J connectivity index is 2.66.